The van der Waals surface area contributed by atoms with Gasteiger partial charge >= 0.3 is 0 Å². The molecule has 2 aliphatic rings. The third-order valence-corrected chi connectivity index (χ3v) is 6.55. The zero-order valence-electron chi connectivity index (χ0n) is 16.5. The Morgan fingerprint density at radius 2 is 1.79 bits per heavy atom. The number of aryl methyl sites for hydroxylation is 1. The molecule has 7 nitrogen and oxygen atoms in total. The molecule has 0 N–H and O–H groups in total. The first-order valence-electron chi connectivity index (χ1n) is 10.1. The van der Waals surface area contributed by atoms with Crippen molar-refractivity contribution in [3.63, 3.8) is 0 Å². The van der Waals surface area contributed by atoms with Crippen LogP contribution in [-0.4, -0.2) is 65.0 Å². The molecule has 0 unspecified atom stereocenters. The van der Waals surface area contributed by atoms with Crippen molar-refractivity contribution in [3.05, 3.63) is 40.6 Å². The second kappa shape index (κ2) is 7.59. The number of aromatic nitrogens is 3. The van der Waals surface area contributed by atoms with E-state index in [0.29, 0.717) is 18.8 Å². The number of thiazole rings is 1. The van der Waals surface area contributed by atoms with E-state index in [4.69, 9.17) is 0 Å². The first kappa shape index (κ1) is 18.3. The number of amides is 1. The molecule has 2 saturated heterocycles. The van der Waals surface area contributed by atoms with Gasteiger partial charge in [-0.3, -0.25) is 4.79 Å². The summed E-state index contributed by atoms with van der Waals surface area (Å²) in [6.07, 6.45) is 4.11. The van der Waals surface area contributed by atoms with Crippen LogP contribution in [-0.2, 0) is 0 Å². The van der Waals surface area contributed by atoms with Gasteiger partial charge in [-0.2, -0.15) is 0 Å². The molecule has 0 radical (unpaired) electrons. The highest BCUT2D eigenvalue weighted by molar-refractivity contribution is 7.09. The highest BCUT2D eigenvalue weighted by Gasteiger charge is 2.24. The lowest BCUT2D eigenvalue weighted by Crippen LogP contribution is -2.48. The van der Waals surface area contributed by atoms with E-state index >= 15 is 0 Å². The molecule has 2 aromatic heterocycles. The fourth-order valence-corrected chi connectivity index (χ4v) is 4.79. The molecule has 5 rings (SSSR count). The number of rotatable bonds is 3. The monoisotopic (exact) mass is 408 g/mol. The van der Waals surface area contributed by atoms with Gasteiger partial charge in [0.2, 0.25) is 0 Å². The fourth-order valence-electron chi connectivity index (χ4n) is 4.20. The van der Waals surface area contributed by atoms with Crippen molar-refractivity contribution in [1.82, 2.24) is 19.9 Å². The molecule has 0 spiro atoms. The van der Waals surface area contributed by atoms with Crippen molar-refractivity contribution in [2.24, 2.45) is 0 Å². The molecular formula is C21H24N6OS. The summed E-state index contributed by atoms with van der Waals surface area (Å²) in [5, 5.41) is 3.90. The molecule has 0 atom stereocenters. The summed E-state index contributed by atoms with van der Waals surface area (Å²) in [4.78, 5) is 32.6. The van der Waals surface area contributed by atoms with Crippen LogP contribution in [0.25, 0.3) is 10.9 Å². The number of piperazine rings is 1. The largest absolute Gasteiger partial charge is 0.368 e. The van der Waals surface area contributed by atoms with Gasteiger partial charge in [-0.05, 0) is 38.0 Å². The third kappa shape index (κ3) is 3.53. The molecule has 1 amide bonds. The van der Waals surface area contributed by atoms with Crippen molar-refractivity contribution in [3.8, 4) is 0 Å². The van der Waals surface area contributed by atoms with Crippen molar-refractivity contribution in [2.75, 3.05) is 49.1 Å². The average Bonchev–Trinajstić information content (AvgIpc) is 3.44. The van der Waals surface area contributed by atoms with Crippen LogP contribution in [0.15, 0.2) is 29.9 Å². The zero-order chi connectivity index (χ0) is 19.8. The first-order chi connectivity index (χ1) is 14.2. The Balaban J connectivity index is 1.34. The highest BCUT2D eigenvalue weighted by Crippen LogP contribution is 2.30. The molecule has 2 aliphatic heterocycles. The van der Waals surface area contributed by atoms with Crippen LogP contribution < -0.4 is 9.80 Å². The van der Waals surface area contributed by atoms with Crippen LogP contribution in [0.2, 0.25) is 0 Å². The molecule has 3 aromatic rings. The second-order valence-corrected chi connectivity index (χ2v) is 8.69. The Bertz CT molecular complexity index is 1040. The third-order valence-electron chi connectivity index (χ3n) is 5.77. The van der Waals surface area contributed by atoms with E-state index in [9.17, 15) is 4.79 Å². The maximum absolute atomic E-state index is 12.7. The van der Waals surface area contributed by atoms with E-state index < -0.39 is 0 Å². The molecule has 0 aliphatic carbocycles. The molecule has 150 valence electrons. The fraction of sp³-hybridized carbons (Fsp3) is 0.429. The van der Waals surface area contributed by atoms with Gasteiger partial charge < -0.3 is 14.7 Å². The maximum atomic E-state index is 12.7. The quantitative estimate of drug-likeness (QED) is 0.664. The molecule has 1 aromatic carbocycles. The normalized spacial score (nSPS) is 17.3. The van der Waals surface area contributed by atoms with Crippen LogP contribution in [0.1, 0.15) is 28.3 Å². The summed E-state index contributed by atoms with van der Waals surface area (Å²) in [7, 11) is 0. The number of carbonyl (C=O) groups is 1. The van der Waals surface area contributed by atoms with Gasteiger partial charge in [0, 0.05) is 55.7 Å². The highest BCUT2D eigenvalue weighted by atomic mass is 32.1. The van der Waals surface area contributed by atoms with Crippen LogP contribution >= 0.6 is 11.3 Å². The maximum Gasteiger partial charge on any atom is 0.273 e. The topological polar surface area (TPSA) is 65.5 Å². The van der Waals surface area contributed by atoms with Gasteiger partial charge in [0.05, 0.1) is 10.5 Å². The molecule has 2 fully saturated rings. The smallest absolute Gasteiger partial charge is 0.273 e. The average molecular weight is 409 g/mol. The Labute approximate surface area is 174 Å². The Morgan fingerprint density at radius 1 is 1.00 bits per heavy atom. The van der Waals surface area contributed by atoms with E-state index in [2.05, 4.69) is 43.0 Å². The number of carbonyl (C=O) groups excluding carboxylic acids is 1. The van der Waals surface area contributed by atoms with Gasteiger partial charge in [0.25, 0.3) is 5.91 Å². The number of benzene rings is 1. The number of fused-ring (bicyclic) bond motifs is 1. The van der Waals surface area contributed by atoms with Gasteiger partial charge in [0.1, 0.15) is 17.8 Å². The van der Waals surface area contributed by atoms with E-state index in [-0.39, 0.29) is 5.91 Å². The minimum Gasteiger partial charge on any atom is -0.368 e. The standard InChI is InChI=1S/C21H24N6OS/c1-15-24-19(13-29-15)21(28)27-10-8-25(9-11-27)16-4-5-18-17(12-16)20(23-14-22-18)26-6-2-3-7-26/h4-5,12-14H,2-3,6-11H2,1H3. The van der Waals surface area contributed by atoms with E-state index in [1.807, 2.05) is 17.2 Å². The van der Waals surface area contributed by atoms with Gasteiger partial charge in [0.15, 0.2) is 0 Å². The number of hydrogen-bond acceptors (Lipinski definition) is 7. The van der Waals surface area contributed by atoms with Gasteiger partial charge in [-0.1, -0.05) is 0 Å². The summed E-state index contributed by atoms with van der Waals surface area (Å²) in [6.45, 7) is 7.09. The molecule has 0 saturated carbocycles. The van der Waals surface area contributed by atoms with Crippen LogP contribution in [0.3, 0.4) is 0 Å². The summed E-state index contributed by atoms with van der Waals surface area (Å²) >= 11 is 1.52. The minimum atomic E-state index is 0.0391. The van der Waals surface area contributed by atoms with Crippen LogP contribution in [0.4, 0.5) is 11.5 Å². The van der Waals surface area contributed by atoms with E-state index in [1.54, 1.807) is 6.33 Å². The van der Waals surface area contributed by atoms with Crippen molar-refractivity contribution >= 4 is 39.7 Å². The van der Waals surface area contributed by atoms with Crippen LogP contribution in [0, 0.1) is 6.92 Å². The lowest BCUT2D eigenvalue weighted by atomic mass is 10.1. The first-order valence-corrected chi connectivity index (χ1v) is 11.0. The predicted octanol–water partition coefficient (Wildman–Crippen LogP) is 2.96. The zero-order valence-corrected chi connectivity index (χ0v) is 17.4. The van der Waals surface area contributed by atoms with Crippen molar-refractivity contribution in [1.29, 1.82) is 0 Å². The molecule has 4 heterocycles. The van der Waals surface area contributed by atoms with E-state index in [1.165, 1.54) is 29.9 Å². The van der Waals surface area contributed by atoms with Crippen molar-refractivity contribution < 1.29 is 4.79 Å². The van der Waals surface area contributed by atoms with E-state index in [0.717, 1.165) is 47.9 Å². The van der Waals surface area contributed by atoms with Crippen LogP contribution in [0.5, 0.6) is 0 Å². The predicted molar refractivity (Wildman–Crippen MR) is 116 cm³/mol. The lowest BCUT2D eigenvalue weighted by Gasteiger charge is -2.36. The Hall–Kier alpha value is -2.74. The number of nitrogens with zero attached hydrogens (tertiary/aromatic N) is 6. The Kier molecular flexibility index (Phi) is 4.79. The number of anilines is 2. The Morgan fingerprint density at radius 3 is 2.52 bits per heavy atom. The molecule has 8 heteroatoms. The summed E-state index contributed by atoms with van der Waals surface area (Å²) in [5.74, 6) is 1.08. The molecular weight excluding hydrogens is 384 g/mol. The summed E-state index contributed by atoms with van der Waals surface area (Å²) < 4.78 is 0. The second-order valence-electron chi connectivity index (χ2n) is 7.62. The number of hydrogen-bond donors (Lipinski definition) is 0. The van der Waals surface area contributed by atoms with Gasteiger partial charge in [-0.15, -0.1) is 11.3 Å². The minimum absolute atomic E-state index is 0.0391. The molecule has 29 heavy (non-hydrogen) atoms. The summed E-state index contributed by atoms with van der Waals surface area (Å²) in [6, 6.07) is 6.43. The SMILES string of the molecule is Cc1nc(C(=O)N2CCN(c3ccc4ncnc(N5CCCC5)c4c3)CC2)cs1. The lowest BCUT2D eigenvalue weighted by molar-refractivity contribution is 0.0741. The van der Waals surface area contributed by atoms with Crippen molar-refractivity contribution in [2.45, 2.75) is 19.8 Å². The molecule has 0 bridgehead atoms. The summed E-state index contributed by atoms with van der Waals surface area (Å²) in [5.41, 5.74) is 2.72. The van der Waals surface area contributed by atoms with Gasteiger partial charge in [-0.25, -0.2) is 15.0 Å².